The number of allylic oxidation sites excluding steroid dienone is 1. The van der Waals surface area contributed by atoms with Crippen LogP contribution in [0.4, 0.5) is 0 Å². The Morgan fingerprint density at radius 2 is 2.12 bits per heavy atom. The minimum Gasteiger partial charge on any atom is -0.480 e. The van der Waals surface area contributed by atoms with Gasteiger partial charge in [-0.2, -0.15) is 4.86 Å². The van der Waals surface area contributed by atoms with Gasteiger partial charge in [0.2, 0.25) is 5.91 Å². The van der Waals surface area contributed by atoms with Crippen LogP contribution in [0.5, 0.6) is 5.75 Å². The summed E-state index contributed by atoms with van der Waals surface area (Å²) in [6, 6.07) is 3.69. The number of hydrogen-bond donors (Lipinski definition) is 1. The maximum atomic E-state index is 11.4. The van der Waals surface area contributed by atoms with Crippen molar-refractivity contribution in [3.05, 3.63) is 32.7 Å². The summed E-state index contributed by atoms with van der Waals surface area (Å²) in [6.07, 6.45) is 3.73. The maximum Gasteiger partial charge on any atom is 0.343 e. The number of carbonyl (C=O) groups excluding carboxylic acids is 2. The Labute approximate surface area is 169 Å². The molecule has 0 unspecified atom stereocenters. The van der Waals surface area contributed by atoms with Crippen molar-refractivity contribution in [3.8, 4) is 5.75 Å². The zero-order valence-corrected chi connectivity index (χ0v) is 18.1. The predicted octanol–water partition coefficient (Wildman–Crippen LogP) is 2.80. The van der Waals surface area contributed by atoms with E-state index in [4.69, 9.17) is 17.0 Å². The Balaban J connectivity index is 2.37. The molecule has 0 bridgehead atoms. The van der Waals surface area contributed by atoms with Gasteiger partial charge in [-0.3, -0.25) is 4.79 Å². The van der Waals surface area contributed by atoms with Gasteiger partial charge < -0.3 is 24.9 Å². The van der Waals surface area contributed by atoms with Gasteiger partial charge in [-0.1, -0.05) is 47.2 Å². The molecule has 0 saturated carbocycles. The highest BCUT2D eigenvalue weighted by molar-refractivity contribution is 9.11. The van der Waals surface area contributed by atoms with Gasteiger partial charge in [-0.05, 0) is 32.4 Å². The second-order valence-corrected chi connectivity index (χ2v) is 9.25. The molecule has 9 heteroatoms. The molecule has 1 N–H and O–H groups in total. The number of amides is 1. The standard InChI is InChI=1S/C16H14Br2NO4S2/c1-9(25-8-13(20)19-16(25)24)3-4-10-5-11(17)6-12(18)15(10)23-7-14(21)22-2/h3-6,8H,7H2,1-2H3,(H,19,20,24)/q-1. The Morgan fingerprint density at radius 3 is 2.72 bits per heavy atom. The smallest absolute Gasteiger partial charge is 0.343 e. The third-order valence-electron chi connectivity index (χ3n) is 3.09. The number of carbonyl (C=O) groups is 2. The van der Waals surface area contributed by atoms with Crippen molar-refractivity contribution in [2.45, 2.75) is 6.92 Å². The molecule has 134 valence electrons. The van der Waals surface area contributed by atoms with Crippen molar-refractivity contribution in [2.24, 2.45) is 0 Å². The van der Waals surface area contributed by atoms with E-state index >= 15 is 0 Å². The third kappa shape index (κ3) is 5.40. The molecule has 0 radical (unpaired) electrons. The molecular weight excluding hydrogens is 494 g/mol. The lowest BCUT2D eigenvalue weighted by Gasteiger charge is -2.13. The fourth-order valence-corrected chi connectivity index (χ4v) is 5.21. The minimum absolute atomic E-state index is 0.173. The summed E-state index contributed by atoms with van der Waals surface area (Å²) in [4.78, 5) is 23.7. The topological polar surface area (TPSA) is 64.6 Å². The average molecular weight is 508 g/mol. The largest absolute Gasteiger partial charge is 0.480 e. The molecule has 0 saturated heterocycles. The zero-order chi connectivity index (χ0) is 18.6. The molecule has 2 rings (SSSR count). The van der Waals surface area contributed by atoms with Crippen LogP contribution in [0.25, 0.3) is 6.08 Å². The lowest BCUT2D eigenvalue weighted by Crippen LogP contribution is -2.21. The summed E-state index contributed by atoms with van der Waals surface area (Å²) in [5, 5.41) is 4.20. The van der Waals surface area contributed by atoms with E-state index in [1.54, 1.807) is 5.37 Å². The molecule has 1 aliphatic rings. The highest BCUT2D eigenvalue weighted by atomic mass is 79.9. The van der Waals surface area contributed by atoms with Crippen LogP contribution >= 0.6 is 44.1 Å². The number of hydrogen-bond acceptors (Lipinski definition) is 6. The van der Waals surface area contributed by atoms with E-state index in [0.717, 1.165) is 14.9 Å². The highest BCUT2D eigenvalue weighted by Gasteiger charge is 2.11. The monoisotopic (exact) mass is 506 g/mol. The summed E-state index contributed by atoms with van der Waals surface area (Å²) in [6.45, 7) is 1.71. The van der Waals surface area contributed by atoms with E-state index in [-0.39, 0.29) is 12.5 Å². The van der Waals surface area contributed by atoms with E-state index in [1.165, 1.54) is 7.11 Å². The van der Waals surface area contributed by atoms with E-state index in [1.807, 2.05) is 31.2 Å². The summed E-state index contributed by atoms with van der Waals surface area (Å²) < 4.78 is 12.2. The summed E-state index contributed by atoms with van der Waals surface area (Å²) in [5.41, 5.74) is 0.762. The van der Waals surface area contributed by atoms with Gasteiger partial charge in [0, 0.05) is 10.0 Å². The van der Waals surface area contributed by atoms with Crippen molar-refractivity contribution in [3.63, 3.8) is 0 Å². The molecule has 1 aromatic carbocycles. The molecule has 5 nitrogen and oxygen atoms in total. The first-order valence-electron chi connectivity index (χ1n) is 6.95. The fourth-order valence-electron chi connectivity index (χ4n) is 1.91. The molecule has 1 heterocycles. The van der Waals surface area contributed by atoms with Gasteiger partial charge in [-0.15, -0.1) is 5.37 Å². The van der Waals surface area contributed by atoms with Crippen molar-refractivity contribution >= 4 is 86.7 Å². The van der Waals surface area contributed by atoms with E-state index < -0.39 is 16.0 Å². The number of ether oxygens (including phenoxy) is 2. The molecular formula is C16H14Br2NO4S2-. The van der Waals surface area contributed by atoms with Crippen molar-refractivity contribution in [1.82, 2.24) is 5.32 Å². The molecule has 1 aromatic rings. The van der Waals surface area contributed by atoms with Crippen LogP contribution < -0.4 is 10.1 Å². The van der Waals surface area contributed by atoms with E-state index in [9.17, 15) is 9.59 Å². The minimum atomic E-state index is -0.513. The third-order valence-corrected chi connectivity index (χ3v) is 6.56. The molecule has 0 atom stereocenters. The average Bonchev–Trinajstić information content (AvgIpc) is 2.89. The number of thiocarbonyl (C=S) groups is 1. The zero-order valence-electron chi connectivity index (χ0n) is 13.3. The Morgan fingerprint density at radius 1 is 1.40 bits per heavy atom. The summed E-state index contributed by atoms with van der Waals surface area (Å²) >= 11 is 12.0. The number of rotatable bonds is 5. The predicted molar refractivity (Wildman–Crippen MR) is 113 cm³/mol. The molecule has 25 heavy (non-hydrogen) atoms. The quantitative estimate of drug-likeness (QED) is 0.287. The molecule has 0 aliphatic carbocycles. The van der Waals surface area contributed by atoms with Gasteiger partial charge in [0.1, 0.15) is 5.75 Å². The number of nitrogens with one attached hydrogen (secondary N) is 1. The van der Waals surface area contributed by atoms with Gasteiger partial charge in [-0.25, -0.2) is 4.79 Å². The lowest BCUT2D eigenvalue weighted by atomic mass is 10.2. The van der Waals surface area contributed by atoms with Crippen LogP contribution in [0.15, 0.2) is 27.2 Å². The fraction of sp³-hybridized carbons (Fsp3) is 0.188. The Bertz CT molecular complexity index is 871. The van der Waals surface area contributed by atoms with Crippen molar-refractivity contribution in [2.75, 3.05) is 13.7 Å². The number of halogens is 2. The molecule has 0 fully saturated rings. The molecule has 1 amide bonds. The van der Waals surface area contributed by atoms with Crippen LogP contribution in [0, 0.1) is 0 Å². The van der Waals surface area contributed by atoms with Crippen molar-refractivity contribution < 1.29 is 19.1 Å². The maximum absolute atomic E-state index is 11.4. The first-order chi connectivity index (χ1) is 11.8. The summed E-state index contributed by atoms with van der Waals surface area (Å²) in [7, 11) is 0.791. The summed E-state index contributed by atoms with van der Waals surface area (Å²) in [5.74, 6) is -0.119. The first kappa shape index (κ1) is 20.2. The number of methoxy groups -OCH3 is 1. The molecule has 0 aromatic heterocycles. The second kappa shape index (κ2) is 8.98. The van der Waals surface area contributed by atoms with Crippen LogP contribution in [0.3, 0.4) is 0 Å². The number of esters is 1. The van der Waals surface area contributed by atoms with Crippen LogP contribution in [-0.2, 0) is 24.4 Å². The molecule has 0 spiro atoms. The van der Waals surface area contributed by atoms with Gasteiger partial charge >= 0.3 is 5.97 Å². The van der Waals surface area contributed by atoms with Gasteiger partial charge in [0.05, 0.1) is 11.6 Å². The number of benzene rings is 1. The van der Waals surface area contributed by atoms with Crippen molar-refractivity contribution in [1.29, 1.82) is 0 Å². The SMILES string of the molecule is COC(=O)COc1c(Br)cc(Br)cc1C=CC(C)=[S-]1=CC(=O)NC1=S. The van der Waals surface area contributed by atoms with Crippen LogP contribution in [0.1, 0.15) is 12.5 Å². The second-order valence-electron chi connectivity index (χ2n) is 4.85. The van der Waals surface area contributed by atoms with Gasteiger partial charge in [0.25, 0.3) is 0 Å². The van der Waals surface area contributed by atoms with E-state index in [2.05, 4.69) is 41.9 Å². The Kier molecular flexibility index (Phi) is 7.24. The van der Waals surface area contributed by atoms with Crippen LogP contribution in [0.2, 0.25) is 0 Å². The highest BCUT2D eigenvalue weighted by Crippen LogP contribution is 2.33. The lowest BCUT2D eigenvalue weighted by molar-refractivity contribution is -0.142. The first-order valence-corrected chi connectivity index (χ1v) is 10.2. The molecule has 1 aliphatic heterocycles. The van der Waals surface area contributed by atoms with Crippen LogP contribution in [-0.4, -0.2) is 40.1 Å². The normalized spacial score (nSPS) is 17.3. The van der Waals surface area contributed by atoms with Gasteiger partial charge in [0.15, 0.2) is 6.61 Å². The van der Waals surface area contributed by atoms with E-state index in [0.29, 0.717) is 14.5 Å². The Hall–Kier alpha value is -1.16.